The highest BCUT2D eigenvalue weighted by Gasteiger charge is 2.42. The predicted molar refractivity (Wildman–Crippen MR) is 121 cm³/mol. The largest absolute Gasteiger partial charge is 0.494 e. The Morgan fingerprint density at radius 1 is 1.16 bits per heavy atom. The molecule has 1 atom stereocenters. The number of halogens is 1. The summed E-state index contributed by atoms with van der Waals surface area (Å²) in [4.78, 5) is 28.7. The van der Waals surface area contributed by atoms with Gasteiger partial charge in [0, 0.05) is 18.8 Å². The number of carbonyl (C=O) groups excluding carboxylic acids is 2. The van der Waals surface area contributed by atoms with E-state index >= 15 is 0 Å². The number of benzene rings is 2. The second kappa shape index (κ2) is 10.3. The molecule has 0 aliphatic carbocycles. The summed E-state index contributed by atoms with van der Waals surface area (Å²) in [7, 11) is 0. The van der Waals surface area contributed by atoms with Crippen LogP contribution < -0.4 is 10.1 Å². The van der Waals surface area contributed by atoms with Crippen molar-refractivity contribution in [3.05, 3.63) is 59.9 Å². The van der Waals surface area contributed by atoms with Crippen LogP contribution >= 0.6 is 12.2 Å². The van der Waals surface area contributed by atoms with Gasteiger partial charge in [0.1, 0.15) is 17.6 Å². The molecule has 0 aromatic heterocycles. The first-order valence-corrected chi connectivity index (χ1v) is 10.7. The van der Waals surface area contributed by atoms with Crippen LogP contribution in [0.4, 0.5) is 10.1 Å². The number of nitrogens with one attached hydrogen (secondary N) is 1. The predicted octanol–water partition coefficient (Wildman–Crippen LogP) is 3.61. The molecule has 1 saturated heterocycles. The Bertz CT molecular complexity index is 951. The molecule has 31 heavy (non-hydrogen) atoms. The molecular weight excluding hydrogens is 417 g/mol. The van der Waals surface area contributed by atoms with Gasteiger partial charge in [0.05, 0.1) is 13.0 Å². The van der Waals surface area contributed by atoms with Gasteiger partial charge in [-0.2, -0.15) is 0 Å². The fourth-order valence-corrected chi connectivity index (χ4v) is 4.00. The average molecular weight is 444 g/mol. The van der Waals surface area contributed by atoms with Crippen LogP contribution in [0.5, 0.6) is 5.75 Å². The number of hydrogen-bond acceptors (Lipinski definition) is 4. The van der Waals surface area contributed by atoms with Gasteiger partial charge in [-0.05, 0) is 68.4 Å². The van der Waals surface area contributed by atoms with Crippen molar-refractivity contribution < 1.29 is 18.7 Å². The van der Waals surface area contributed by atoms with Crippen molar-refractivity contribution >= 4 is 34.8 Å². The number of ether oxygens (including phenoxy) is 1. The van der Waals surface area contributed by atoms with Crippen LogP contribution in [0, 0.1) is 5.82 Å². The third-order valence-electron chi connectivity index (χ3n) is 5.13. The molecule has 1 fully saturated rings. The highest BCUT2D eigenvalue weighted by atomic mass is 32.1. The lowest BCUT2D eigenvalue weighted by Gasteiger charge is -2.24. The van der Waals surface area contributed by atoms with E-state index < -0.39 is 6.04 Å². The summed E-state index contributed by atoms with van der Waals surface area (Å²) < 4.78 is 19.4. The molecule has 2 aromatic rings. The number of thiocarbonyl (C=S) groups is 1. The maximum Gasteiger partial charge on any atom is 0.252 e. The van der Waals surface area contributed by atoms with Crippen molar-refractivity contribution in [1.82, 2.24) is 9.80 Å². The number of amides is 2. The minimum atomic E-state index is -0.707. The molecule has 8 heteroatoms. The van der Waals surface area contributed by atoms with Gasteiger partial charge in [-0.3, -0.25) is 14.5 Å². The second-order valence-electron chi connectivity index (χ2n) is 7.13. The van der Waals surface area contributed by atoms with Crippen LogP contribution in [0.1, 0.15) is 25.8 Å². The van der Waals surface area contributed by atoms with E-state index in [4.69, 9.17) is 17.0 Å². The zero-order valence-electron chi connectivity index (χ0n) is 17.6. The van der Waals surface area contributed by atoms with Gasteiger partial charge in [0.15, 0.2) is 5.11 Å². The van der Waals surface area contributed by atoms with Gasteiger partial charge in [0.25, 0.3) is 5.91 Å². The number of carbonyl (C=O) groups is 2. The third-order valence-corrected chi connectivity index (χ3v) is 5.58. The molecule has 0 spiro atoms. The Hall–Kier alpha value is -3.00. The van der Waals surface area contributed by atoms with Crippen molar-refractivity contribution in [1.29, 1.82) is 0 Å². The van der Waals surface area contributed by atoms with Gasteiger partial charge < -0.3 is 15.0 Å². The van der Waals surface area contributed by atoms with E-state index in [0.29, 0.717) is 42.5 Å². The van der Waals surface area contributed by atoms with Gasteiger partial charge in [-0.1, -0.05) is 18.2 Å². The fraction of sp³-hybridized carbons (Fsp3) is 0.348. The van der Waals surface area contributed by atoms with E-state index in [0.717, 1.165) is 5.75 Å². The normalized spacial score (nSPS) is 16.0. The summed E-state index contributed by atoms with van der Waals surface area (Å²) in [5.41, 5.74) is 1.16. The van der Waals surface area contributed by atoms with Crippen molar-refractivity contribution in [2.24, 2.45) is 0 Å². The molecule has 164 valence electrons. The lowest BCUT2D eigenvalue weighted by molar-refractivity contribution is -0.130. The van der Waals surface area contributed by atoms with Gasteiger partial charge in [-0.25, -0.2) is 4.39 Å². The molecule has 1 N–H and O–H groups in total. The lowest BCUT2D eigenvalue weighted by Crippen LogP contribution is -2.39. The Labute approximate surface area is 187 Å². The molecule has 3 rings (SSSR count). The van der Waals surface area contributed by atoms with Gasteiger partial charge in [0.2, 0.25) is 5.91 Å². The van der Waals surface area contributed by atoms with Crippen LogP contribution in [-0.2, 0) is 16.0 Å². The summed E-state index contributed by atoms with van der Waals surface area (Å²) >= 11 is 5.48. The molecule has 6 nitrogen and oxygen atoms in total. The number of anilines is 1. The van der Waals surface area contributed by atoms with E-state index in [1.54, 1.807) is 47.4 Å². The summed E-state index contributed by atoms with van der Waals surface area (Å²) in [6.07, 6.45) is 0.342. The van der Waals surface area contributed by atoms with E-state index in [2.05, 4.69) is 5.32 Å². The van der Waals surface area contributed by atoms with Crippen molar-refractivity contribution in [3.63, 3.8) is 0 Å². The van der Waals surface area contributed by atoms with Crippen LogP contribution in [0.15, 0.2) is 48.5 Å². The van der Waals surface area contributed by atoms with Crippen LogP contribution in [0.25, 0.3) is 0 Å². The van der Waals surface area contributed by atoms with Gasteiger partial charge >= 0.3 is 0 Å². The maximum absolute atomic E-state index is 14.0. The van der Waals surface area contributed by atoms with Crippen LogP contribution in [0.2, 0.25) is 0 Å². The van der Waals surface area contributed by atoms with Gasteiger partial charge in [-0.15, -0.1) is 0 Å². The van der Waals surface area contributed by atoms with E-state index in [9.17, 15) is 14.0 Å². The fourth-order valence-electron chi connectivity index (χ4n) is 3.57. The quantitative estimate of drug-likeness (QED) is 0.600. The topological polar surface area (TPSA) is 61.9 Å². The van der Waals surface area contributed by atoms with Crippen molar-refractivity contribution in [2.45, 2.75) is 32.7 Å². The molecule has 2 amide bonds. The molecule has 0 unspecified atom stereocenters. The Morgan fingerprint density at radius 3 is 2.52 bits per heavy atom. The first-order valence-electron chi connectivity index (χ1n) is 10.3. The molecular formula is C23H26FN3O3S. The zero-order chi connectivity index (χ0) is 22.4. The minimum Gasteiger partial charge on any atom is -0.494 e. The molecule has 0 radical (unpaired) electrons. The molecule has 0 saturated carbocycles. The Kier molecular flexibility index (Phi) is 7.57. The van der Waals surface area contributed by atoms with Crippen LogP contribution in [-0.4, -0.2) is 52.5 Å². The summed E-state index contributed by atoms with van der Waals surface area (Å²) in [5.74, 6) is -0.0761. The highest BCUT2D eigenvalue weighted by Crippen LogP contribution is 2.23. The smallest absolute Gasteiger partial charge is 0.252 e. The molecule has 0 bridgehead atoms. The first-order chi connectivity index (χ1) is 14.9. The SMILES string of the molecule is CCOc1ccc(NC(=O)C[C@H]2C(=O)N(CC)C(=S)N2CCc2ccccc2F)cc1. The van der Waals surface area contributed by atoms with E-state index in [1.165, 1.54) is 11.0 Å². The maximum atomic E-state index is 14.0. The Morgan fingerprint density at radius 2 is 1.87 bits per heavy atom. The third kappa shape index (κ3) is 5.38. The summed E-state index contributed by atoms with van der Waals surface area (Å²) in [6.45, 7) is 5.07. The average Bonchev–Trinajstić information content (AvgIpc) is 2.97. The number of nitrogens with zero attached hydrogens (tertiary/aromatic N) is 2. The minimum absolute atomic E-state index is 0.0417. The number of hydrogen-bond donors (Lipinski definition) is 1. The summed E-state index contributed by atoms with van der Waals surface area (Å²) in [5, 5.41) is 3.19. The first kappa shape index (κ1) is 22.7. The number of rotatable bonds is 9. The monoisotopic (exact) mass is 443 g/mol. The molecule has 1 aliphatic rings. The van der Waals surface area contributed by atoms with Crippen molar-refractivity contribution in [2.75, 3.05) is 25.0 Å². The number of likely N-dealkylation sites (N-methyl/N-ethyl adjacent to an activating group) is 1. The second-order valence-corrected chi connectivity index (χ2v) is 7.49. The molecule has 1 heterocycles. The summed E-state index contributed by atoms with van der Waals surface area (Å²) in [6, 6.07) is 12.9. The van der Waals surface area contributed by atoms with Crippen LogP contribution in [0.3, 0.4) is 0 Å². The standard InChI is InChI=1S/C23H26FN3O3S/c1-3-26-22(29)20(15-21(28)25-17-9-11-18(12-10-17)30-4-2)27(23(26)31)14-13-16-7-5-6-8-19(16)24/h5-12,20H,3-4,13-15H2,1-2H3,(H,25,28)/t20-/m0/s1. The van der Waals surface area contributed by atoms with E-state index in [-0.39, 0.29) is 24.1 Å². The molecule has 1 aliphatic heterocycles. The molecule has 2 aromatic carbocycles. The lowest BCUT2D eigenvalue weighted by atomic mass is 10.1. The Balaban J connectivity index is 1.68. The van der Waals surface area contributed by atoms with E-state index in [1.807, 2.05) is 13.8 Å². The van der Waals surface area contributed by atoms with Crippen molar-refractivity contribution in [3.8, 4) is 5.75 Å². The highest BCUT2D eigenvalue weighted by molar-refractivity contribution is 7.80. The zero-order valence-corrected chi connectivity index (χ0v) is 18.5.